The van der Waals surface area contributed by atoms with Crippen molar-refractivity contribution >= 4 is 5.97 Å². The highest BCUT2D eigenvalue weighted by molar-refractivity contribution is 5.75. The van der Waals surface area contributed by atoms with Crippen molar-refractivity contribution in [2.24, 2.45) is 17.6 Å². The molecule has 1 fully saturated rings. The third-order valence-corrected chi connectivity index (χ3v) is 3.41. The average Bonchev–Trinajstić information content (AvgIpc) is 2.56. The van der Waals surface area contributed by atoms with Crippen LogP contribution in [0.3, 0.4) is 0 Å². The Kier molecular flexibility index (Phi) is 3.41. The summed E-state index contributed by atoms with van der Waals surface area (Å²) in [4.78, 5) is 11.5. The van der Waals surface area contributed by atoms with Crippen LogP contribution < -0.4 is 5.73 Å². The molecule has 2 N–H and O–H groups in total. The standard InChI is InChI=1S/C12H19NO2/c13-11-5-4-10(8-11)12(14)15-7-6-9-2-1-3-9/h4-5,9-11H,1-3,6-8,13H2. The highest BCUT2D eigenvalue weighted by atomic mass is 16.5. The minimum atomic E-state index is -0.0986. The molecule has 2 atom stereocenters. The minimum Gasteiger partial charge on any atom is -0.465 e. The van der Waals surface area contributed by atoms with Crippen LogP contribution in [-0.4, -0.2) is 18.6 Å². The molecule has 3 nitrogen and oxygen atoms in total. The van der Waals surface area contributed by atoms with Gasteiger partial charge < -0.3 is 10.5 Å². The smallest absolute Gasteiger partial charge is 0.312 e. The second-order valence-corrected chi connectivity index (χ2v) is 4.64. The molecule has 2 unspecified atom stereocenters. The molecule has 2 rings (SSSR count). The highest BCUT2D eigenvalue weighted by Gasteiger charge is 2.24. The monoisotopic (exact) mass is 209 g/mol. The number of hydrogen-bond acceptors (Lipinski definition) is 3. The lowest BCUT2D eigenvalue weighted by molar-refractivity contribution is -0.147. The van der Waals surface area contributed by atoms with E-state index in [4.69, 9.17) is 10.5 Å². The Hall–Kier alpha value is -0.830. The largest absolute Gasteiger partial charge is 0.465 e. The number of ether oxygens (including phenoxy) is 1. The maximum absolute atomic E-state index is 11.5. The summed E-state index contributed by atoms with van der Waals surface area (Å²) >= 11 is 0. The van der Waals surface area contributed by atoms with Crippen molar-refractivity contribution in [3.63, 3.8) is 0 Å². The third kappa shape index (κ3) is 2.81. The Balaban J connectivity index is 1.62. The first-order valence-electron chi connectivity index (χ1n) is 5.86. The molecule has 0 amide bonds. The Bertz CT molecular complexity index is 258. The molecule has 0 heterocycles. The van der Waals surface area contributed by atoms with Crippen LogP contribution in [0, 0.1) is 11.8 Å². The summed E-state index contributed by atoms with van der Waals surface area (Å²) in [6.07, 6.45) is 9.47. The molecule has 0 aliphatic heterocycles. The molecule has 2 aliphatic carbocycles. The average molecular weight is 209 g/mol. The van der Waals surface area contributed by atoms with Gasteiger partial charge in [-0.25, -0.2) is 0 Å². The second-order valence-electron chi connectivity index (χ2n) is 4.64. The van der Waals surface area contributed by atoms with Gasteiger partial charge in [-0.05, 0) is 18.8 Å². The summed E-state index contributed by atoms with van der Waals surface area (Å²) in [5.74, 6) is 0.610. The molecule has 3 heteroatoms. The summed E-state index contributed by atoms with van der Waals surface area (Å²) in [7, 11) is 0. The van der Waals surface area contributed by atoms with Gasteiger partial charge in [0.2, 0.25) is 0 Å². The van der Waals surface area contributed by atoms with Gasteiger partial charge in [0.15, 0.2) is 0 Å². The predicted octanol–water partition coefficient (Wildman–Crippen LogP) is 1.62. The molecular formula is C12H19NO2. The number of rotatable bonds is 4. The van der Waals surface area contributed by atoms with E-state index in [0.29, 0.717) is 13.0 Å². The Morgan fingerprint density at radius 3 is 2.73 bits per heavy atom. The Morgan fingerprint density at radius 1 is 1.40 bits per heavy atom. The Labute approximate surface area is 90.7 Å². The number of esters is 1. The molecule has 0 bridgehead atoms. The van der Waals surface area contributed by atoms with E-state index in [1.807, 2.05) is 12.2 Å². The van der Waals surface area contributed by atoms with Gasteiger partial charge in [-0.3, -0.25) is 4.79 Å². The Morgan fingerprint density at radius 2 is 2.20 bits per heavy atom. The van der Waals surface area contributed by atoms with E-state index in [1.54, 1.807) is 0 Å². The molecule has 0 aromatic rings. The van der Waals surface area contributed by atoms with Crippen molar-refractivity contribution < 1.29 is 9.53 Å². The number of nitrogens with two attached hydrogens (primary N) is 1. The molecule has 0 radical (unpaired) electrons. The van der Waals surface area contributed by atoms with Crippen LogP contribution >= 0.6 is 0 Å². The van der Waals surface area contributed by atoms with Crippen molar-refractivity contribution in [3.8, 4) is 0 Å². The third-order valence-electron chi connectivity index (χ3n) is 3.41. The summed E-state index contributed by atoms with van der Waals surface area (Å²) in [6.45, 7) is 0.586. The summed E-state index contributed by atoms with van der Waals surface area (Å²) in [5, 5.41) is 0. The number of carbonyl (C=O) groups excluding carboxylic acids is 1. The number of carbonyl (C=O) groups is 1. The van der Waals surface area contributed by atoms with Crippen molar-refractivity contribution in [3.05, 3.63) is 12.2 Å². The normalized spacial score (nSPS) is 30.2. The zero-order valence-corrected chi connectivity index (χ0v) is 9.02. The first-order valence-corrected chi connectivity index (χ1v) is 5.86. The van der Waals surface area contributed by atoms with E-state index in [2.05, 4.69) is 0 Å². The topological polar surface area (TPSA) is 52.3 Å². The molecule has 0 saturated heterocycles. The van der Waals surface area contributed by atoms with Crippen molar-refractivity contribution in [2.75, 3.05) is 6.61 Å². The van der Waals surface area contributed by atoms with E-state index in [-0.39, 0.29) is 17.9 Å². The van der Waals surface area contributed by atoms with Crippen LogP contribution in [0.2, 0.25) is 0 Å². The SMILES string of the molecule is NC1C=CC(C(=O)OCCC2CCC2)C1. The lowest BCUT2D eigenvalue weighted by Crippen LogP contribution is -2.22. The van der Waals surface area contributed by atoms with Gasteiger partial charge >= 0.3 is 5.97 Å². The quantitative estimate of drug-likeness (QED) is 0.565. The molecule has 84 valence electrons. The van der Waals surface area contributed by atoms with Crippen molar-refractivity contribution in [1.29, 1.82) is 0 Å². The van der Waals surface area contributed by atoms with E-state index in [9.17, 15) is 4.79 Å². The van der Waals surface area contributed by atoms with Crippen LogP contribution in [0.4, 0.5) is 0 Å². The fraction of sp³-hybridized carbons (Fsp3) is 0.750. The summed E-state index contributed by atoms with van der Waals surface area (Å²) in [5.41, 5.74) is 5.68. The van der Waals surface area contributed by atoms with E-state index < -0.39 is 0 Å². The zero-order valence-electron chi connectivity index (χ0n) is 9.02. The van der Waals surface area contributed by atoms with Crippen molar-refractivity contribution in [2.45, 2.75) is 38.1 Å². The number of hydrogen-bond donors (Lipinski definition) is 1. The van der Waals surface area contributed by atoms with Gasteiger partial charge in [-0.1, -0.05) is 31.4 Å². The van der Waals surface area contributed by atoms with Crippen LogP contribution in [-0.2, 0) is 9.53 Å². The van der Waals surface area contributed by atoms with E-state index in [1.165, 1.54) is 19.3 Å². The van der Waals surface area contributed by atoms with Gasteiger partial charge in [-0.2, -0.15) is 0 Å². The molecule has 0 aromatic carbocycles. The second kappa shape index (κ2) is 4.79. The van der Waals surface area contributed by atoms with Crippen molar-refractivity contribution in [1.82, 2.24) is 0 Å². The lowest BCUT2D eigenvalue weighted by atomic mass is 9.83. The van der Waals surface area contributed by atoms with Crippen LogP contribution in [0.5, 0.6) is 0 Å². The van der Waals surface area contributed by atoms with Crippen LogP contribution in [0.15, 0.2) is 12.2 Å². The molecule has 15 heavy (non-hydrogen) atoms. The maximum Gasteiger partial charge on any atom is 0.312 e. The molecule has 1 saturated carbocycles. The summed E-state index contributed by atoms with van der Waals surface area (Å²) < 4.78 is 5.23. The first kappa shape index (κ1) is 10.7. The lowest BCUT2D eigenvalue weighted by Gasteiger charge is -2.24. The van der Waals surface area contributed by atoms with Gasteiger partial charge in [0, 0.05) is 6.04 Å². The molecular weight excluding hydrogens is 190 g/mol. The summed E-state index contributed by atoms with van der Waals surface area (Å²) in [6, 6.07) is 0.0363. The van der Waals surface area contributed by atoms with Gasteiger partial charge in [0.05, 0.1) is 12.5 Å². The first-order chi connectivity index (χ1) is 7.25. The fourth-order valence-electron chi connectivity index (χ4n) is 2.12. The van der Waals surface area contributed by atoms with Crippen LogP contribution in [0.25, 0.3) is 0 Å². The minimum absolute atomic E-state index is 0.0363. The fourth-order valence-corrected chi connectivity index (χ4v) is 2.12. The van der Waals surface area contributed by atoms with E-state index >= 15 is 0 Å². The molecule has 2 aliphatic rings. The van der Waals surface area contributed by atoms with E-state index in [0.717, 1.165) is 12.3 Å². The van der Waals surface area contributed by atoms with Gasteiger partial charge in [-0.15, -0.1) is 0 Å². The highest BCUT2D eigenvalue weighted by Crippen LogP contribution is 2.29. The molecule has 0 aromatic heterocycles. The molecule has 0 spiro atoms. The van der Waals surface area contributed by atoms with Gasteiger partial charge in [0.1, 0.15) is 0 Å². The van der Waals surface area contributed by atoms with Gasteiger partial charge in [0.25, 0.3) is 0 Å². The van der Waals surface area contributed by atoms with Crippen LogP contribution in [0.1, 0.15) is 32.1 Å². The zero-order chi connectivity index (χ0) is 10.7. The maximum atomic E-state index is 11.5. The predicted molar refractivity (Wildman–Crippen MR) is 58.1 cm³/mol.